The topological polar surface area (TPSA) is 75.6 Å². The Morgan fingerprint density at radius 3 is 3.19 bits per heavy atom. The quantitative estimate of drug-likeness (QED) is 0.782. The number of hydrogen-bond donors (Lipinski definition) is 1. The Labute approximate surface area is 92.9 Å². The lowest BCUT2D eigenvalue weighted by Gasteiger charge is -2.31. The number of anilines is 1. The lowest BCUT2D eigenvalue weighted by Crippen LogP contribution is -2.42. The SMILES string of the molecule is C[C@@H]1CN(c2nccc(C(=O)O)n2)CCO1. The van der Waals surface area contributed by atoms with Crippen molar-refractivity contribution in [3.05, 3.63) is 18.0 Å². The largest absolute Gasteiger partial charge is 0.477 e. The van der Waals surface area contributed by atoms with Crippen molar-refractivity contribution in [1.29, 1.82) is 0 Å². The fourth-order valence-electron chi connectivity index (χ4n) is 1.62. The Morgan fingerprint density at radius 2 is 2.50 bits per heavy atom. The second-order valence-electron chi connectivity index (χ2n) is 3.67. The molecular weight excluding hydrogens is 210 g/mol. The van der Waals surface area contributed by atoms with Gasteiger partial charge >= 0.3 is 5.97 Å². The van der Waals surface area contributed by atoms with Crippen LogP contribution in [-0.4, -0.2) is 46.8 Å². The van der Waals surface area contributed by atoms with E-state index >= 15 is 0 Å². The molecule has 0 aromatic carbocycles. The molecule has 0 bridgehead atoms. The molecule has 2 heterocycles. The van der Waals surface area contributed by atoms with Gasteiger partial charge in [-0.25, -0.2) is 14.8 Å². The number of carboxylic acid groups (broad SMARTS) is 1. The highest BCUT2D eigenvalue weighted by atomic mass is 16.5. The van der Waals surface area contributed by atoms with E-state index in [-0.39, 0.29) is 11.8 Å². The number of morpholine rings is 1. The summed E-state index contributed by atoms with van der Waals surface area (Å²) in [5, 5.41) is 8.83. The summed E-state index contributed by atoms with van der Waals surface area (Å²) in [6.07, 6.45) is 1.58. The van der Waals surface area contributed by atoms with Crippen LogP contribution in [0.1, 0.15) is 17.4 Å². The zero-order valence-electron chi connectivity index (χ0n) is 8.96. The molecule has 1 N–H and O–H groups in total. The zero-order valence-corrected chi connectivity index (χ0v) is 8.96. The second-order valence-corrected chi connectivity index (χ2v) is 3.67. The van der Waals surface area contributed by atoms with Crippen LogP contribution in [0.15, 0.2) is 12.3 Å². The van der Waals surface area contributed by atoms with Crippen molar-refractivity contribution in [2.24, 2.45) is 0 Å². The molecule has 6 nitrogen and oxygen atoms in total. The van der Waals surface area contributed by atoms with Gasteiger partial charge in [-0.05, 0) is 13.0 Å². The molecule has 6 heteroatoms. The molecular formula is C10H13N3O3. The van der Waals surface area contributed by atoms with Gasteiger partial charge in [0.25, 0.3) is 0 Å². The molecule has 0 amide bonds. The Bertz CT molecular complexity index is 397. The van der Waals surface area contributed by atoms with E-state index in [2.05, 4.69) is 9.97 Å². The molecule has 1 fully saturated rings. The Hall–Kier alpha value is -1.69. The number of carboxylic acids is 1. The number of rotatable bonds is 2. The van der Waals surface area contributed by atoms with Crippen molar-refractivity contribution < 1.29 is 14.6 Å². The van der Waals surface area contributed by atoms with Crippen LogP contribution in [-0.2, 0) is 4.74 Å². The predicted octanol–water partition coefficient (Wildman–Crippen LogP) is 0.400. The number of aromatic nitrogens is 2. The van der Waals surface area contributed by atoms with Crippen molar-refractivity contribution >= 4 is 11.9 Å². The van der Waals surface area contributed by atoms with Gasteiger partial charge in [-0.15, -0.1) is 0 Å². The van der Waals surface area contributed by atoms with Crippen LogP contribution in [0.4, 0.5) is 5.95 Å². The Balaban J connectivity index is 2.19. The molecule has 0 radical (unpaired) electrons. The van der Waals surface area contributed by atoms with Crippen molar-refractivity contribution in [2.45, 2.75) is 13.0 Å². The normalized spacial score (nSPS) is 20.8. The third-order valence-corrected chi connectivity index (χ3v) is 2.39. The zero-order chi connectivity index (χ0) is 11.5. The molecule has 2 rings (SSSR count). The van der Waals surface area contributed by atoms with Crippen molar-refractivity contribution in [3.8, 4) is 0 Å². The molecule has 86 valence electrons. The first-order valence-electron chi connectivity index (χ1n) is 5.09. The minimum absolute atomic E-state index is 0.0177. The third kappa shape index (κ3) is 2.27. The van der Waals surface area contributed by atoms with E-state index in [1.807, 2.05) is 11.8 Å². The van der Waals surface area contributed by atoms with Crippen LogP contribution in [0, 0.1) is 0 Å². The molecule has 0 unspecified atom stereocenters. The number of ether oxygens (including phenoxy) is 1. The van der Waals surface area contributed by atoms with Crippen LogP contribution in [0.25, 0.3) is 0 Å². The van der Waals surface area contributed by atoms with Crippen LogP contribution in [0.5, 0.6) is 0 Å². The average Bonchev–Trinajstić information content (AvgIpc) is 2.29. The molecule has 1 aromatic heterocycles. The maximum atomic E-state index is 10.8. The first-order valence-corrected chi connectivity index (χ1v) is 5.09. The van der Waals surface area contributed by atoms with E-state index in [4.69, 9.17) is 9.84 Å². The van der Waals surface area contributed by atoms with E-state index in [1.165, 1.54) is 12.3 Å². The maximum absolute atomic E-state index is 10.8. The fourth-order valence-corrected chi connectivity index (χ4v) is 1.62. The standard InChI is InChI=1S/C10H13N3O3/c1-7-6-13(4-5-16-7)10-11-3-2-8(12-10)9(14)15/h2-3,7H,4-6H2,1H3,(H,14,15)/t7-/m1/s1. The first-order chi connectivity index (χ1) is 7.66. The smallest absolute Gasteiger partial charge is 0.354 e. The number of hydrogen-bond acceptors (Lipinski definition) is 5. The van der Waals surface area contributed by atoms with E-state index in [0.29, 0.717) is 25.6 Å². The van der Waals surface area contributed by atoms with E-state index in [1.54, 1.807) is 0 Å². The molecule has 0 spiro atoms. The van der Waals surface area contributed by atoms with Gasteiger partial charge in [-0.3, -0.25) is 0 Å². The van der Waals surface area contributed by atoms with E-state index < -0.39 is 5.97 Å². The van der Waals surface area contributed by atoms with E-state index in [0.717, 1.165) is 0 Å². The molecule has 16 heavy (non-hydrogen) atoms. The number of nitrogens with zero attached hydrogens (tertiary/aromatic N) is 3. The summed E-state index contributed by atoms with van der Waals surface area (Å²) in [4.78, 5) is 20.8. The van der Waals surface area contributed by atoms with Crippen molar-refractivity contribution in [2.75, 3.05) is 24.6 Å². The van der Waals surface area contributed by atoms with Gasteiger partial charge < -0.3 is 14.7 Å². The molecule has 1 saturated heterocycles. The molecule has 0 saturated carbocycles. The Morgan fingerprint density at radius 1 is 1.69 bits per heavy atom. The number of aromatic carboxylic acids is 1. The summed E-state index contributed by atoms with van der Waals surface area (Å²) in [5.41, 5.74) is 0.0177. The summed E-state index contributed by atoms with van der Waals surface area (Å²) in [6, 6.07) is 1.38. The van der Waals surface area contributed by atoms with Crippen molar-refractivity contribution in [1.82, 2.24) is 9.97 Å². The average molecular weight is 223 g/mol. The highest BCUT2D eigenvalue weighted by molar-refractivity contribution is 5.85. The Kier molecular flexibility index (Phi) is 3.00. The fraction of sp³-hybridized carbons (Fsp3) is 0.500. The summed E-state index contributed by atoms with van der Waals surface area (Å²) < 4.78 is 5.39. The van der Waals surface area contributed by atoms with Crippen LogP contribution < -0.4 is 4.90 Å². The third-order valence-electron chi connectivity index (χ3n) is 2.39. The monoisotopic (exact) mass is 223 g/mol. The maximum Gasteiger partial charge on any atom is 0.354 e. The molecule has 1 aliphatic rings. The van der Waals surface area contributed by atoms with Gasteiger partial charge in [0.1, 0.15) is 0 Å². The highest BCUT2D eigenvalue weighted by Crippen LogP contribution is 2.12. The van der Waals surface area contributed by atoms with Crippen LogP contribution in [0.2, 0.25) is 0 Å². The minimum atomic E-state index is -1.04. The number of carbonyl (C=O) groups is 1. The summed E-state index contributed by atoms with van der Waals surface area (Å²) in [7, 11) is 0. The van der Waals surface area contributed by atoms with Gasteiger partial charge in [0.2, 0.25) is 5.95 Å². The van der Waals surface area contributed by atoms with Crippen LogP contribution in [0.3, 0.4) is 0 Å². The van der Waals surface area contributed by atoms with Crippen LogP contribution >= 0.6 is 0 Å². The van der Waals surface area contributed by atoms with Gasteiger partial charge in [0.05, 0.1) is 12.7 Å². The minimum Gasteiger partial charge on any atom is -0.477 e. The lowest BCUT2D eigenvalue weighted by molar-refractivity contribution is 0.0526. The van der Waals surface area contributed by atoms with Crippen molar-refractivity contribution in [3.63, 3.8) is 0 Å². The summed E-state index contributed by atoms with van der Waals surface area (Å²) >= 11 is 0. The summed E-state index contributed by atoms with van der Waals surface area (Å²) in [6.45, 7) is 3.95. The molecule has 1 atom stereocenters. The predicted molar refractivity (Wildman–Crippen MR) is 56.6 cm³/mol. The lowest BCUT2D eigenvalue weighted by atomic mass is 10.3. The second kappa shape index (κ2) is 4.44. The summed E-state index contributed by atoms with van der Waals surface area (Å²) in [5.74, 6) is -0.583. The molecule has 1 aliphatic heterocycles. The van der Waals surface area contributed by atoms with Gasteiger partial charge in [0.15, 0.2) is 5.69 Å². The molecule has 1 aromatic rings. The van der Waals surface area contributed by atoms with Gasteiger partial charge in [-0.1, -0.05) is 0 Å². The van der Waals surface area contributed by atoms with Gasteiger partial charge in [0, 0.05) is 19.3 Å². The first kappa shape index (κ1) is 10.8. The van der Waals surface area contributed by atoms with Gasteiger partial charge in [-0.2, -0.15) is 0 Å². The highest BCUT2D eigenvalue weighted by Gasteiger charge is 2.19. The van der Waals surface area contributed by atoms with E-state index in [9.17, 15) is 4.79 Å². The molecule has 0 aliphatic carbocycles.